The third kappa shape index (κ3) is 7.98. The van der Waals surface area contributed by atoms with Gasteiger partial charge in [0.2, 0.25) is 0 Å². The number of carbonyl (C=O) groups is 2. The Morgan fingerprint density at radius 2 is 1.68 bits per heavy atom. The van der Waals surface area contributed by atoms with E-state index in [-0.39, 0.29) is 19.1 Å². The van der Waals surface area contributed by atoms with Crippen molar-refractivity contribution in [2.24, 2.45) is 0 Å². The zero-order valence-electron chi connectivity index (χ0n) is 13.1. The Hall–Kier alpha value is -2.44. The van der Waals surface area contributed by atoms with E-state index in [9.17, 15) is 9.59 Å². The molecule has 122 valence electrons. The molecule has 0 spiro atoms. The normalized spacial score (nSPS) is 10.7. The van der Waals surface area contributed by atoms with Crippen molar-refractivity contribution >= 4 is 17.7 Å². The van der Waals surface area contributed by atoms with Gasteiger partial charge in [-0.15, -0.1) is 0 Å². The number of nitrogens with one attached hydrogen (secondary N) is 2. The fourth-order valence-corrected chi connectivity index (χ4v) is 1.44. The maximum Gasteiger partial charge on any atom is 0.407 e. The SMILES string of the molecule is CC(C)(C)OC(=O)NCCNC(=O)COc1ccc(N)cc1. The van der Waals surface area contributed by atoms with Crippen LogP contribution in [0.4, 0.5) is 10.5 Å². The molecule has 0 saturated heterocycles. The van der Waals surface area contributed by atoms with Crippen LogP contribution in [0.5, 0.6) is 5.75 Å². The number of ether oxygens (including phenoxy) is 2. The van der Waals surface area contributed by atoms with E-state index < -0.39 is 11.7 Å². The second kappa shape index (κ2) is 8.11. The number of alkyl carbamates (subject to hydrolysis) is 1. The lowest BCUT2D eigenvalue weighted by Crippen LogP contribution is -2.39. The monoisotopic (exact) mass is 309 g/mol. The van der Waals surface area contributed by atoms with Crippen molar-refractivity contribution in [3.05, 3.63) is 24.3 Å². The Kier molecular flexibility index (Phi) is 6.49. The van der Waals surface area contributed by atoms with E-state index in [4.69, 9.17) is 15.2 Å². The Morgan fingerprint density at radius 3 is 2.27 bits per heavy atom. The van der Waals surface area contributed by atoms with Gasteiger partial charge >= 0.3 is 6.09 Å². The van der Waals surface area contributed by atoms with Gasteiger partial charge < -0.3 is 25.8 Å². The van der Waals surface area contributed by atoms with Crippen LogP contribution in [0.1, 0.15) is 20.8 Å². The summed E-state index contributed by atoms with van der Waals surface area (Å²) in [6.45, 7) is 5.82. The molecule has 0 bridgehead atoms. The molecule has 7 nitrogen and oxygen atoms in total. The molecule has 4 N–H and O–H groups in total. The Labute approximate surface area is 130 Å². The zero-order valence-corrected chi connectivity index (χ0v) is 13.1. The highest BCUT2D eigenvalue weighted by Gasteiger charge is 2.15. The summed E-state index contributed by atoms with van der Waals surface area (Å²) >= 11 is 0. The molecule has 1 rings (SSSR count). The van der Waals surface area contributed by atoms with Crippen LogP contribution in [0.25, 0.3) is 0 Å². The van der Waals surface area contributed by atoms with Crippen LogP contribution >= 0.6 is 0 Å². The summed E-state index contributed by atoms with van der Waals surface area (Å²) in [7, 11) is 0. The van der Waals surface area contributed by atoms with Crippen molar-refractivity contribution in [2.75, 3.05) is 25.4 Å². The molecule has 1 aromatic carbocycles. The molecule has 0 aliphatic heterocycles. The molecule has 7 heteroatoms. The highest BCUT2D eigenvalue weighted by Crippen LogP contribution is 2.12. The van der Waals surface area contributed by atoms with Crippen LogP contribution in [-0.2, 0) is 9.53 Å². The van der Waals surface area contributed by atoms with Gasteiger partial charge in [-0.1, -0.05) is 0 Å². The molecule has 0 aromatic heterocycles. The van der Waals surface area contributed by atoms with Crippen molar-refractivity contribution in [1.82, 2.24) is 10.6 Å². The predicted octanol–water partition coefficient (Wildman–Crippen LogP) is 1.29. The molecule has 0 aliphatic rings. The lowest BCUT2D eigenvalue weighted by molar-refractivity contribution is -0.123. The minimum atomic E-state index is -0.541. The summed E-state index contributed by atoms with van der Waals surface area (Å²) in [5.41, 5.74) is 5.63. The summed E-state index contributed by atoms with van der Waals surface area (Å²) in [5, 5.41) is 5.17. The lowest BCUT2D eigenvalue weighted by atomic mass is 10.2. The highest BCUT2D eigenvalue weighted by atomic mass is 16.6. The quantitative estimate of drug-likeness (QED) is 0.543. The van der Waals surface area contributed by atoms with Gasteiger partial charge in [0.05, 0.1) is 0 Å². The van der Waals surface area contributed by atoms with Crippen LogP contribution in [0.3, 0.4) is 0 Å². The maximum absolute atomic E-state index is 11.6. The second-order valence-corrected chi connectivity index (χ2v) is 5.64. The number of anilines is 1. The van der Waals surface area contributed by atoms with Gasteiger partial charge in [-0.2, -0.15) is 0 Å². The van der Waals surface area contributed by atoms with Gasteiger partial charge in [-0.25, -0.2) is 4.79 Å². The molecule has 0 radical (unpaired) electrons. The standard InChI is InChI=1S/C15H23N3O4/c1-15(2,3)22-14(20)18-9-8-17-13(19)10-21-12-6-4-11(16)5-7-12/h4-7H,8-10,16H2,1-3H3,(H,17,19)(H,18,20). The molecule has 0 saturated carbocycles. The third-order valence-corrected chi connectivity index (χ3v) is 2.37. The average molecular weight is 309 g/mol. The Bertz CT molecular complexity index is 495. The first-order chi connectivity index (χ1) is 10.3. The first kappa shape index (κ1) is 17.6. The summed E-state index contributed by atoms with van der Waals surface area (Å²) in [6, 6.07) is 6.76. The van der Waals surface area contributed by atoms with Crippen molar-refractivity contribution in [2.45, 2.75) is 26.4 Å². The number of nitrogen functional groups attached to an aromatic ring is 1. The number of nitrogens with two attached hydrogens (primary N) is 1. The van der Waals surface area contributed by atoms with Crippen LogP contribution in [0.15, 0.2) is 24.3 Å². The molecular formula is C15H23N3O4. The van der Waals surface area contributed by atoms with Crippen molar-refractivity contribution < 1.29 is 19.1 Å². The van der Waals surface area contributed by atoms with Crippen LogP contribution in [0.2, 0.25) is 0 Å². The molecule has 0 heterocycles. The fraction of sp³-hybridized carbons (Fsp3) is 0.467. The molecule has 22 heavy (non-hydrogen) atoms. The second-order valence-electron chi connectivity index (χ2n) is 5.64. The van der Waals surface area contributed by atoms with E-state index in [0.29, 0.717) is 18.0 Å². The van der Waals surface area contributed by atoms with Gasteiger partial charge in [-0.3, -0.25) is 4.79 Å². The molecule has 0 atom stereocenters. The molecule has 0 unspecified atom stereocenters. The molecule has 0 fully saturated rings. The van der Waals surface area contributed by atoms with Crippen molar-refractivity contribution in [3.8, 4) is 5.75 Å². The Morgan fingerprint density at radius 1 is 1.09 bits per heavy atom. The average Bonchev–Trinajstić information content (AvgIpc) is 2.41. The smallest absolute Gasteiger partial charge is 0.407 e. The van der Waals surface area contributed by atoms with Gasteiger partial charge in [0.25, 0.3) is 5.91 Å². The molecule has 2 amide bonds. The van der Waals surface area contributed by atoms with Crippen LogP contribution in [0, 0.1) is 0 Å². The van der Waals surface area contributed by atoms with E-state index >= 15 is 0 Å². The van der Waals surface area contributed by atoms with Gasteiger partial charge in [-0.05, 0) is 45.0 Å². The van der Waals surface area contributed by atoms with E-state index in [0.717, 1.165) is 0 Å². The summed E-state index contributed by atoms with van der Waals surface area (Å²) < 4.78 is 10.3. The van der Waals surface area contributed by atoms with Crippen molar-refractivity contribution in [3.63, 3.8) is 0 Å². The van der Waals surface area contributed by atoms with Crippen LogP contribution < -0.4 is 21.1 Å². The van der Waals surface area contributed by atoms with Crippen LogP contribution in [-0.4, -0.2) is 37.3 Å². The molecule has 1 aromatic rings. The topological polar surface area (TPSA) is 103 Å². The number of rotatable bonds is 6. The minimum absolute atomic E-state index is 0.101. The van der Waals surface area contributed by atoms with E-state index in [1.165, 1.54) is 0 Å². The Balaban J connectivity index is 2.13. The summed E-state index contributed by atoms with van der Waals surface area (Å²) in [5.74, 6) is 0.291. The van der Waals surface area contributed by atoms with Gasteiger partial charge in [0.1, 0.15) is 11.4 Å². The first-order valence-corrected chi connectivity index (χ1v) is 6.98. The van der Waals surface area contributed by atoms with Crippen molar-refractivity contribution in [1.29, 1.82) is 0 Å². The number of carbonyl (C=O) groups excluding carboxylic acids is 2. The maximum atomic E-state index is 11.6. The number of amides is 2. The van der Waals surface area contributed by atoms with Gasteiger partial charge in [0, 0.05) is 18.8 Å². The third-order valence-electron chi connectivity index (χ3n) is 2.37. The van der Waals surface area contributed by atoms with Gasteiger partial charge in [0.15, 0.2) is 6.61 Å². The number of benzene rings is 1. The molecule has 0 aliphatic carbocycles. The van der Waals surface area contributed by atoms with E-state index in [1.54, 1.807) is 45.0 Å². The lowest BCUT2D eigenvalue weighted by Gasteiger charge is -2.19. The largest absolute Gasteiger partial charge is 0.484 e. The van der Waals surface area contributed by atoms with E-state index in [1.807, 2.05) is 0 Å². The predicted molar refractivity (Wildman–Crippen MR) is 83.6 cm³/mol. The highest BCUT2D eigenvalue weighted by molar-refractivity contribution is 5.77. The number of hydrogen-bond acceptors (Lipinski definition) is 5. The minimum Gasteiger partial charge on any atom is -0.484 e. The number of hydrogen-bond donors (Lipinski definition) is 3. The summed E-state index contributed by atoms with van der Waals surface area (Å²) in [4.78, 5) is 22.9. The summed E-state index contributed by atoms with van der Waals surface area (Å²) in [6.07, 6.45) is -0.514. The fourth-order valence-electron chi connectivity index (χ4n) is 1.44. The van der Waals surface area contributed by atoms with E-state index in [2.05, 4.69) is 10.6 Å². The first-order valence-electron chi connectivity index (χ1n) is 6.98. The zero-order chi connectivity index (χ0) is 16.6. The molecular weight excluding hydrogens is 286 g/mol.